The molecule has 1 aliphatic carbocycles. The second kappa shape index (κ2) is 9.20. The number of rotatable bonds is 5. The minimum Gasteiger partial charge on any atom is -0.475 e. The van der Waals surface area contributed by atoms with E-state index in [0.717, 1.165) is 37.1 Å². The third-order valence-corrected chi connectivity index (χ3v) is 5.89. The molecule has 6 heteroatoms. The molecule has 1 aliphatic heterocycles. The fraction of sp³-hybridized carbons (Fsp3) is 0.417. The largest absolute Gasteiger partial charge is 0.475 e. The second-order valence-corrected chi connectivity index (χ2v) is 7.87. The Bertz CT molecular complexity index is 880. The predicted molar refractivity (Wildman–Crippen MR) is 116 cm³/mol. The van der Waals surface area contributed by atoms with Gasteiger partial charge in [0, 0.05) is 11.7 Å². The molecule has 6 nitrogen and oxygen atoms in total. The molecule has 1 heterocycles. The minimum absolute atomic E-state index is 0.0356. The number of carbonyl (C=O) groups excluding carboxylic acids is 2. The number of hydrogen-bond donors (Lipinski definition) is 0. The lowest BCUT2D eigenvalue weighted by atomic mass is 9.93. The topological polar surface area (TPSA) is 59.1 Å². The first-order valence-corrected chi connectivity index (χ1v) is 10.6. The van der Waals surface area contributed by atoms with Crippen molar-refractivity contribution in [1.29, 1.82) is 0 Å². The molecule has 1 amide bonds. The van der Waals surface area contributed by atoms with Gasteiger partial charge in [-0.1, -0.05) is 49.6 Å². The summed E-state index contributed by atoms with van der Waals surface area (Å²) < 4.78 is 10.7. The van der Waals surface area contributed by atoms with Crippen LogP contribution in [0.25, 0.3) is 0 Å². The van der Waals surface area contributed by atoms with Crippen LogP contribution in [0.15, 0.2) is 54.6 Å². The molecule has 158 valence electrons. The van der Waals surface area contributed by atoms with Crippen molar-refractivity contribution in [3.05, 3.63) is 54.6 Å². The fourth-order valence-electron chi connectivity index (χ4n) is 4.44. The van der Waals surface area contributed by atoms with E-state index in [1.807, 2.05) is 64.4 Å². The number of fused-ring (bicyclic) bond motifs is 1. The predicted octanol–water partition coefficient (Wildman–Crippen LogP) is 3.79. The number of esters is 1. The van der Waals surface area contributed by atoms with Gasteiger partial charge in [0.15, 0.2) is 0 Å². The zero-order valence-electron chi connectivity index (χ0n) is 17.3. The first-order valence-electron chi connectivity index (χ1n) is 10.6. The van der Waals surface area contributed by atoms with Crippen molar-refractivity contribution in [2.24, 2.45) is 0 Å². The van der Waals surface area contributed by atoms with Gasteiger partial charge in [-0.05, 0) is 37.1 Å². The molecule has 0 N–H and O–H groups in total. The Balaban J connectivity index is 1.60. The van der Waals surface area contributed by atoms with Crippen LogP contribution in [0.2, 0.25) is 0 Å². The highest BCUT2D eigenvalue weighted by Gasteiger charge is 2.34. The van der Waals surface area contributed by atoms with Crippen molar-refractivity contribution in [3.63, 3.8) is 0 Å². The SMILES string of the molecule is COC(=O)[C@@H]1CN(CC(=O)N(c2ccccc2)C2CCCCC2)c2ccccc2O1. The zero-order valence-corrected chi connectivity index (χ0v) is 17.3. The lowest BCUT2D eigenvalue weighted by Crippen LogP contribution is -2.51. The van der Waals surface area contributed by atoms with Crippen LogP contribution in [0.4, 0.5) is 11.4 Å². The molecule has 30 heavy (non-hydrogen) atoms. The van der Waals surface area contributed by atoms with Crippen LogP contribution in [0, 0.1) is 0 Å². The number of benzene rings is 2. The molecule has 2 aromatic rings. The van der Waals surface area contributed by atoms with E-state index in [4.69, 9.17) is 9.47 Å². The second-order valence-electron chi connectivity index (χ2n) is 7.87. The molecule has 0 radical (unpaired) electrons. The first kappa shape index (κ1) is 20.3. The zero-order chi connectivity index (χ0) is 20.9. The summed E-state index contributed by atoms with van der Waals surface area (Å²) in [5.74, 6) is 0.193. The number of methoxy groups -OCH3 is 1. The number of anilines is 2. The van der Waals surface area contributed by atoms with E-state index >= 15 is 0 Å². The maximum absolute atomic E-state index is 13.6. The van der Waals surface area contributed by atoms with Gasteiger partial charge >= 0.3 is 5.97 Å². The Labute approximate surface area is 177 Å². The van der Waals surface area contributed by atoms with Gasteiger partial charge in [0.1, 0.15) is 5.75 Å². The fourth-order valence-corrected chi connectivity index (χ4v) is 4.44. The van der Waals surface area contributed by atoms with Gasteiger partial charge in [-0.2, -0.15) is 0 Å². The number of nitrogens with zero attached hydrogens (tertiary/aromatic N) is 2. The normalized spacial score (nSPS) is 18.8. The summed E-state index contributed by atoms with van der Waals surface area (Å²) in [5.41, 5.74) is 1.75. The molecule has 0 aromatic heterocycles. The van der Waals surface area contributed by atoms with Crippen LogP contribution in [0.3, 0.4) is 0 Å². The van der Waals surface area contributed by atoms with Crippen molar-refractivity contribution in [2.45, 2.75) is 44.2 Å². The highest BCUT2D eigenvalue weighted by Crippen LogP contribution is 2.34. The molecule has 0 unspecified atom stereocenters. The molecule has 2 aliphatic rings. The van der Waals surface area contributed by atoms with Crippen LogP contribution in [-0.2, 0) is 14.3 Å². The molecule has 1 fully saturated rings. The van der Waals surface area contributed by atoms with Gasteiger partial charge in [-0.3, -0.25) is 4.79 Å². The summed E-state index contributed by atoms with van der Waals surface area (Å²) in [4.78, 5) is 29.6. The Hall–Kier alpha value is -3.02. The van der Waals surface area contributed by atoms with Crippen molar-refractivity contribution in [1.82, 2.24) is 0 Å². The van der Waals surface area contributed by atoms with Gasteiger partial charge in [0.2, 0.25) is 12.0 Å². The number of hydrogen-bond acceptors (Lipinski definition) is 5. The molecule has 0 bridgehead atoms. The van der Waals surface area contributed by atoms with E-state index in [1.165, 1.54) is 13.5 Å². The molecule has 4 rings (SSSR count). The number of amides is 1. The lowest BCUT2D eigenvalue weighted by molar-refractivity contribution is -0.148. The highest BCUT2D eigenvalue weighted by molar-refractivity contribution is 5.97. The van der Waals surface area contributed by atoms with E-state index in [9.17, 15) is 9.59 Å². The quantitative estimate of drug-likeness (QED) is 0.705. The van der Waals surface area contributed by atoms with Crippen molar-refractivity contribution >= 4 is 23.3 Å². The Morgan fingerprint density at radius 3 is 2.47 bits per heavy atom. The third kappa shape index (κ3) is 4.27. The summed E-state index contributed by atoms with van der Waals surface area (Å²) >= 11 is 0. The van der Waals surface area contributed by atoms with E-state index in [1.54, 1.807) is 0 Å². The van der Waals surface area contributed by atoms with E-state index in [2.05, 4.69) is 0 Å². The molecule has 0 saturated heterocycles. The Kier molecular flexibility index (Phi) is 6.21. The van der Waals surface area contributed by atoms with E-state index in [0.29, 0.717) is 5.75 Å². The van der Waals surface area contributed by atoms with E-state index < -0.39 is 12.1 Å². The molecule has 2 aromatic carbocycles. The summed E-state index contributed by atoms with van der Waals surface area (Å²) in [6.07, 6.45) is 4.80. The van der Waals surface area contributed by atoms with Crippen molar-refractivity contribution in [3.8, 4) is 5.75 Å². The number of para-hydroxylation sites is 3. The Morgan fingerprint density at radius 2 is 1.73 bits per heavy atom. The van der Waals surface area contributed by atoms with Crippen molar-refractivity contribution < 1.29 is 19.1 Å². The molecule has 0 spiro atoms. The van der Waals surface area contributed by atoms with Gasteiger partial charge in [-0.15, -0.1) is 0 Å². The molecular formula is C24H28N2O4. The van der Waals surface area contributed by atoms with Crippen molar-refractivity contribution in [2.75, 3.05) is 30.0 Å². The highest BCUT2D eigenvalue weighted by atomic mass is 16.6. The van der Waals surface area contributed by atoms with Gasteiger partial charge in [-0.25, -0.2) is 4.79 Å². The van der Waals surface area contributed by atoms with Gasteiger partial charge < -0.3 is 19.3 Å². The summed E-state index contributed by atoms with van der Waals surface area (Å²) in [6, 6.07) is 17.6. The first-order chi connectivity index (χ1) is 14.7. The minimum atomic E-state index is -0.752. The van der Waals surface area contributed by atoms with Crippen LogP contribution in [0.1, 0.15) is 32.1 Å². The standard InChI is InChI=1S/C24H28N2O4/c1-29-24(28)22-16-25(20-14-8-9-15-21(20)30-22)17-23(27)26(18-10-4-2-5-11-18)19-12-6-3-7-13-19/h2,4-5,8-11,14-15,19,22H,3,6-7,12-13,16-17H2,1H3/t22-/m0/s1. The summed E-state index contributed by atoms with van der Waals surface area (Å²) in [7, 11) is 1.35. The maximum atomic E-state index is 13.6. The monoisotopic (exact) mass is 408 g/mol. The van der Waals surface area contributed by atoms with Crippen LogP contribution < -0.4 is 14.5 Å². The van der Waals surface area contributed by atoms with Gasteiger partial charge in [0.25, 0.3) is 0 Å². The third-order valence-electron chi connectivity index (χ3n) is 5.89. The van der Waals surface area contributed by atoms with E-state index in [-0.39, 0.29) is 25.0 Å². The Morgan fingerprint density at radius 1 is 1.03 bits per heavy atom. The molecular weight excluding hydrogens is 380 g/mol. The maximum Gasteiger partial charge on any atom is 0.348 e. The molecule has 1 saturated carbocycles. The molecule has 1 atom stereocenters. The number of carbonyl (C=O) groups is 2. The lowest BCUT2D eigenvalue weighted by Gasteiger charge is -2.38. The summed E-state index contributed by atoms with van der Waals surface area (Å²) in [5, 5.41) is 0. The average molecular weight is 408 g/mol. The van der Waals surface area contributed by atoms with Crippen LogP contribution in [-0.4, -0.2) is 44.2 Å². The van der Waals surface area contributed by atoms with Crippen LogP contribution in [0.5, 0.6) is 5.75 Å². The van der Waals surface area contributed by atoms with Gasteiger partial charge in [0.05, 0.1) is 25.9 Å². The number of ether oxygens (including phenoxy) is 2. The summed E-state index contributed by atoms with van der Waals surface area (Å²) in [6.45, 7) is 0.460. The van der Waals surface area contributed by atoms with Crippen LogP contribution >= 0.6 is 0 Å². The smallest absolute Gasteiger partial charge is 0.348 e. The average Bonchev–Trinajstić information content (AvgIpc) is 2.80.